The summed E-state index contributed by atoms with van der Waals surface area (Å²) in [5.41, 5.74) is 1.06. The number of nitrogens with zero attached hydrogens (tertiary/aromatic N) is 3. The Hall–Kier alpha value is -2.26. The van der Waals surface area contributed by atoms with Crippen molar-refractivity contribution in [2.75, 3.05) is 24.2 Å². The van der Waals surface area contributed by atoms with Crippen molar-refractivity contribution >= 4 is 39.3 Å². The number of anilines is 1. The molecule has 0 aliphatic heterocycles. The molecule has 0 atom stereocenters. The molecule has 30 heavy (non-hydrogen) atoms. The fraction of sp³-hybridized carbons (Fsp3) is 0.350. The number of aryl methyl sites for hydroxylation is 1. The molecule has 0 aromatic heterocycles. The SMILES string of the molecule is CCN(C)C=Nc1cc(C)c(N(Cc2ccc(C(F)(F)F)cc2)S(C)(=O)=O)cc1Cl. The van der Waals surface area contributed by atoms with Crippen LogP contribution in [0.4, 0.5) is 24.5 Å². The molecule has 0 aliphatic rings. The molecule has 0 unspecified atom stereocenters. The molecule has 0 N–H and O–H groups in total. The minimum atomic E-state index is -4.46. The first-order valence-corrected chi connectivity index (χ1v) is 11.2. The maximum Gasteiger partial charge on any atom is 0.416 e. The number of hydrogen-bond donors (Lipinski definition) is 0. The smallest absolute Gasteiger partial charge is 0.366 e. The monoisotopic (exact) mass is 461 g/mol. The second kappa shape index (κ2) is 9.26. The van der Waals surface area contributed by atoms with Gasteiger partial charge in [0.05, 0.1) is 41.1 Å². The molecule has 0 bridgehead atoms. The number of halogens is 4. The minimum Gasteiger partial charge on any atom is -0.366 e. The zero-order chi connectivity index (χ0) is 22.7. The van der Waals surface area contributed by atoms with Crippen molar-refractivity contribution < 1.29 is 21.6 Å². The van der Waals surface area contributed by atoms with Crippen molar-refractivity contribution in [1.29, 1.82) is 0 Å². The van der Waals surface area contributed by atoms with Crippen molar-refractivity contribution in [2.24, 2.45) is 4.99 Å². The first-order valence-electron chi connectivity index (χ1n) is 9.01. The normalized spacial score (nSPS) is 12.4. The second-order valence-electron chi connectivity index (χ2n) is 6.87. The Labute approximate surface area is 179 Å². The molecule has 0 heterocycles. The van der Waals surface area contributed by atoms with Gasteiger partial charge in [-0.2, -0.15) is 13.2 Å². The number of rotatable bonds is 7. The predicted octanol–water partition coefficient (Wildman–Crippen LogP) is 5.24. The summed E-state index contributed by atoms with van der Waals surface area (Å²) in [4.78, 5) is 6.17. The first-order chi connectivity index (χ1) is 13.8. The Morgan fingerprint density at radius 2 is 1.77 bits per heavy atom. The molecule has 10 heteroatoms. The maximum atomic E-state index is 12.8. The maximum absolute atomic E-state index is 12.8. The van der Waals surface area contributed by atoms with Gasteiger partial charge < -0.3 is 4.90 Å². The lowest BCUT2D eigenvalue weighted by molar-refractivity contribution is -0.137. The van der Waals surface area contributed by atoms with Crippen LogP contribution in [0.3, 0.4) is 0 Å². The molecule has 0 fully saturated rings. The Bertz CT molecular complexity index is 1020. The van der Waals surface area contributed by atoms with E-state index in [1.54, 1.807) is 19.3 Å². The van der Waals surface area contributed by atoms with Gasteiger partial charge in [0.25, 0.3) is 0 Å². The average Bonchev–Trinajstić information content (AvgIpc) is 2.65. The largest absolute Gasteiger partial charge is 0.416 e. The van der Waals surface area contributed by atoms with E-state index < -0.39 is 21.8 Å². The summed E-state index contributed by atoms with van der Waals surface area (Å²) >= 11 is 6.32. The van der Waals surface area contributed by atoms with Gasteiger partial charge in [0, 0.05) is 13.6 Å². The second-order valence-corrected chi connectivity index (χ2v) is 9.19. The highest BCUT2D eigenvalue weighted by Gasteiger charge is 2.30. The quantitative estimate of drug-likeness (QED) is 0.418. The van der Waals surface area contributed by atoms with Crippen LogP contribution in [0.5, 0.6) is 0 Å². The van der Waals surface area contributed by atoms with Gasteiger partial charge in [-0.05, 0) is 49.2 Å². The van der Waals surface area contributed by atoms with Crippen molar-refractivity contribution in [1.82, 2.24) is 4.90 Å². The molecule has 0 saturated carbocycles. The standard InChI is InChI=1S/C20H23ClF3N3O2S/c1-5-26(3)13-25-18-10-14(2)19(11-17(18)21)27(30(4,28)29)12-15-6-8-16(9-7-15)20(22,23)24/h6-11,13H,5,12H2,1-4H3. The van der Waals surface area contributed by atoms with Crippen LogP contribution in [0.25, 0.3) is 0 Å². The van der Waals surface area contributed by atoms with Crippen LogP contribution >= 0.6 is 11.6 Å². The Morgan fingerprint density at radius 3 is 2.27 bits per heavy atom. The summed E-state index contributed by atoms with van der Waals surface area (Å²) < 4.78 is 64.3. The van der Waals surface area contributed by atoms with Crippen LogP contribution in [-0.2, 0) is 22.7 Å². The lowest BCUT2D eigenvalue weighted by atomic mass is 10.1. The lowest BCUT2D eigenvalue weighted by Gasteiger charge is -2.25. The summed E-state index contributed by atoms with van der Waals surface area (Å²) in [6.45, 7) is 4.31. The third-order valence-corrected chi connectivity index (χ3v) is 5.86. The molecule has 0 amide bonds. The van der Waals surface area contributed by atoms with Crippen LogP contribution in [-0.4, -0.2) is 39.5 Å². The number of benzene rings is 2. The van der Waals surface area contributed by atoms with E-state index in [1.165, 1.54) is 18.2 Å². The summed E-state index contributed by atoms with van der Waals surface area (Å²) in [6, 6.07) is 7.55. The van der Waals surface area contributed by atoms with E-state index in [-0.39, 0.29) is 11.6 Å². The highest BCUT2D eigenvalue weighted by Crippen LogP contribution is 2.35. The van der Waals surface area contributed by atoms with Crippen molar-refractivity contribution in [3.05, 3.63) is 58.1 Å². The Morgan fingerprint density at radius 1 is 1.17 bits per heavy atom. The van der Waals surface area contributed by atoms with Crippen LogP contribution in [0.1, 0.15) is 23.6 Å². The minimum absolute atomic E-state index is 0.130. The van der Waals surface area contributed by atoms with Gasteiger partial charge in [0.15, 0.2) is 0 Å². The summed E-state index contributed by atoms with van der Waals surface area (Å²) in [5, 5.41) is 0.262. The van der Waals surface area contributed by atoms with Gasteiger partial charge in [-0.25, -0.2) is 13.4 Å². The molecular weight excluding hydrogens is 439 g/mol. The zero-order valence-corrected chi connectivity index (χ0v) is 18.6. The van der Waals surface area contributed by atoms with E-state index >= 15 is 0 Å². The average molecular weight is 462 g/mol. The van der Waals surface area contributed by atoms with E-state index in [0.29, 0.717) is 22.5 Å². The number of hydrogen-bond acceptors (Lipinski definition) is 3. The highest BCUT2D eigenvalue weighted by atomic mass is 35.5. The number of sulfonamides is 1. The van der Waals surface area contributed by atoms with E-state index in [2.05, 4.69) is 4.99 Å². The molecule has 0 saturated heterocycles. The number of alkyl halides is 3. The molecule has 0 spiro atoms. The van der Waals surface area contributed by atoms with Crippen molar-refractivity contribution in [3.63, 3.8) is 0 Å². The van der Waals surface area contributed by atoms with Gasteiger partial charge in [-0.3, -0.25) is 4.31 Å². The van der Waals surface area contributed by atoms with E-state index in [1.807, 2.05) is 18.9 Å². The van der Waals surface area contributed by atoms with Crippen LogP contribution in [0, 0.1) is 6.92 Å². The van der Waals surface area contributed by atoms with Crippen LogP contribution < -0.4 is 4.31 Å². The third-order valence-electron chi connectivity index (χ3n) is 4.43. The van der Waals surface area contributed by atoms with Crippen molar-refractivity contribution in [2.45, 2.75) is 26.6 Å². The molecular formula is C20H23ClF3N3O2S. The van der Waals surface area contributed by atoms with Gasteiger partial charge in [-0.15, -0.1) is 0 Å². The van der Waals surface area contributed by atoms with Gasteiger partial charge in [0.1, 0.15) is 0 Å². The van der Waals surface area contributed by atoms with E-state index in [0.717, 1.165) is 29.2 Å². The number of aliphatic imine (C=N–C) groups is 1. The van der Waals surface area contributed by atoms with Gasteiger partial charge >= 0.3 is 6.18 Å². The molecule has 0 radical (unpaired) electrons. The molecule has 164 valence electrons. The lowest BCUT2D eigenvalue weighted by Crippen LogP contribution is -2.30. The third kappa shape index (κ3) is 6.12. The summed E-state index contributed by atoms with van der Waals surface area (Å²) in [7, 11) is -1.88. The molecule has 0 aliphatic carbocycles. The van der Waals surface area contributed by atoms with Gasteiger partial charge in [0.2, 0.25) is 10.0 Å². The Kier molecular flexibility index (Phi) is 7.41. The van der Waals surface area contributed by atoms with Crippen molar-refractivity contribution in [3.8, 4) is 0 Å². The van der Waals surface area contributed by atoms with Crippen LogP contribution in [0.15, 0.2) is 41.4 Å². The molecule has 2 rings (SSSR count). The van der Waals surface area contributed by atoms with E-state index in [4.69, 9.17) is 11.6 Å². The Balaban J connectivity index is 2.41. The zero-order valence-electron chi connectivity index (χ0n) is 17.0. The summed E-state index contributed by atoms with van der Waals surface area (Å²) in [6.07, 6.45) is -1.80. The fourth-order valence-corrected chi connectivity index (χ4v) is 3.76. The predicted molar refractivity (Wildman–Crippen MR) is 115 cm³/mol. The molecule has 2 aromatic rings. The van der Waals surface area contributed by atoms with Crippen LogP contribution in [0.2, 0.25) is 5.02 Å². The molecule has 2 aromatic carbocycles. The van der Waals surface area contributed by atoms with Gasteiger partial charge in [-0.1, -0.05) is 23.7 Å². The van der Waals surface area contributed by atoms with E-state index in [9.17, 15) is 21.6 Å². The summed E-state index contributed by atoms with van der Waals surface area (Å²) in [5.74, 6) is 0. The highest BCUT2D eigenvalue weighted by molar-refractivity contribution is 7.92. The topological polar surface area (TPSA) is 53.0 Å². The molecule has 5 nitrogen and oxygen atoms in total. The fourth-order valence-electron chi connectivity index (χ4n) is 2.61. The first kappa shape index (κ1) is 24.0.